The average Bonchev–Trinajstić information content (AvgIpc) is 2.38. The Bertz CT molecular complexity index is 359. The first-order valence-corrected chi connectivity index (χ1v) is 8.23. The van der Waals surface area contributed by atoms with Gasteiger partial charge in [0.25, 0.3) is 0 Å². The second-order valence-electron chi connectivity index (χ2n) is 6.24. The molecule has 1 atom stereocenters. The summed E-state index contributed by atoms with van der Waals surface area (Å²) in [6.07, 6.45) is 10.6. The zero-order chi connectivity index (χ0) is 11.5. The third-order valence-electron chi connectivity index (χ3n) is 3.85. The predicted octanol–water partition coefficient (Wildman–Crippen LogP) is 3.02. The summed E-state index contributed by atoms with van der Waals surface area (Å²) in [7, 11) is -0.647. The molecule has 86 valence electrons. The number of hydrogen-bond donors (Lipinski definition) is 1. The molecule has 0 fully saturated rings. The molecule has 0 aromatic heterocycles. The van der Waals surface area contributed by atoms with E-state index < -0.39 is 10.0 Å². The van der Waals surface area contributed by atoms with Crippen LogP contribution in [0.25, 0.3) is 0 Å². The highest BCUT2D eigenvalue weighted by atomic mass is 32.3. The highest BCUT2D eigenvalue weighted by Gasteiger charge is 2.44. The predicted molar refractivity (Wildman–Crippen MR) is 71.5 cm³/mol. The molecule has 0 spiro atoms. The van der Waals surface area contributed by atoms with Crippen LogP contribution in [0.15, 0.2) is 22.6 Å². The van der Waals surface area contributed by atoms with Crippen molar-refractivity contribution in [3.8, 4) is 0 Å². The molecule has 2 N–H and O–H groups in total. The molecule has 0 radical (unpaired) electrons. The smallest absolute Gasteiger partial charge is 0.0617 e. The van der Waals surface area contributed by atoms with Gasteiger partial charge in [0, 0.05) is 0 Å². The number of allylic oxidation sites excluding steroid dienone is 2. The molecular weight excluding hydrogens is 202 g/mol. The Labute approximate surface area is 95.1 Å². The van der Waals surface area contributed by atoms with Gasteiger partial charge in [-0.05, 0) is 47.5 Å². The lowest BCUT2D eigenvalue weighted by Crippen LogP contribution is -2.39. The minimum absolute atomic E-state index is 0.189. The van der Waals surface area contributed by atoms with Gasteiger partial charge in [0.2, 0.25) is 0 Å². The molecule has 2 rings (SSSR count). The standard InChI is InChI=1S/C13H23NS/c1-12(2)8-9-15(4,5)11-10(12)6-7-13(11,3)14/h6-7H,8-9,14H2,1-5H3. The second-order valence-corrected chi connectivity index (χ2v) is 10.1. The lowest BCUT2D eigenvalue weighted by molar-refractivity contribution is 0.435. The van der Waals surface area contributed by atoms with Gasteiger partial charge in [-0.1, -0.05) is 26.0 Å². The van der Waals surface area contributed by atoms with Gasteiger partial charge in [-0.25, -0.2) is 10.0 Å². The minimum Gasteiger partial charge on any atom is -0.318 e. The summed E-state index contributed by atoms with van der Waals surface area (Å²) in [5.41, 5.74) is 8.07. The molecule has 2 aliphatic rings. The molecule has 0 aromatic carbocycles. The van der Waals surface area contributed by atoms with Gasteiger partial charge in [-0.3, -0.25) is 0 Å². The maximum Gasteiger partial charge on any atom is 0.0617 e. The maximum atomic E-state index is 6.41. The van der Waals surface area contributed by atoms with Crippen molar-refractivity contribution in [3.05, 3.63) is 22.6 Å². The molecule has 0 aromatic rings. The largest absolute Gasteiger partial charge is 0.318 e. The third kappa shape index (κ3) is 1.58. The fraction of sp³-hybridized carbons (Fsp3) is 0.692. The van der Waals surface area contributed by atoms with Crippen molar-refractivity contribution in [1.29, 1.82) is 0 Å². The lowest BCUT2D eigenvalue weighted by Gasteiger charge is -2.48. The van der Waals surface area contributed by atoms with Crippen LogP contribution in [-0.4, -0.2) is 23.8 Å². The first kappa shape index (κ1) is 11.3. The van der Waals surface area contributed by atoms with E-state index in [-0.39, 0.29) is 5.54 Å². The first-order valence-electron chi connectivity index (χ1n) is 5.61. The normalized spacial score (nSPS) is 39.1. The van der Waals surface area contributed by atoms with Crippen LogP contribution >= 0.6 is 10.0 Å². The minimum atomic E-state index is -0.647. The van der Waals surface area contributed by atoms with Crippen LogP contribution in [0.3, 0.4) is 0 Å². The Morgan fingerprint density at radius 2 is 1.87 bits per heavy atom. The van der Waals surface area contributed by atoms with E-state index in [1.807, 2.05) is 0 Å². The van der Waals surface area contributed by atoms with E-state index in [4.69, 9.17) is 5.73 Å². The molecule has 1 unspecified atom stereocenters. The summed E-state index contributed by atoms with van der Waals surface area (Å²) >= 11 is 0. The summed E-state index contributed by atoms with van der Waals surface area (Å²) in [4.78, 5) is 1.55. The highest BCUT2D eigenvalue weighted by molar-refractivity contribution is 8.35. The molecule has 15 heavy (non-hydrogen) atoms. The van der Waals surface area contributed by atoms with Gasteiger partial charge in [0.1, 0.15) is 0 Å². The van der Waals surface area contributed by atoms with Crippen molar-refractivity contribution >= 4 is 10.0 Å². The lowest BCUT2D eigenvalue weighted by atomic mass is 9.81. The van der Waals surface area contributed by atoms with Gasteiger partial charge < -0.3 is 5.73 Å². The molecule has 1 aliphatic carbocycles. The van der Waals surface area contributed by atoms with Gasteiger partial charge in [0.05, 0.1) is 5.54 Å². The summed E-state index contributed by atoms with van der Waals surface area (Å²) < 4.78 is 0. The molecule has 1 nitrogen and oxygen atoms in total. The van der Waals surface area contributed by atoms with Crippen LogP contribution in [0.5, 0.6) is 0 Å². The Balaban J connectivity index is 2.61. The molecule has 1 heterocycles. The van der Waals surface area contributed by atoms with Crippen LogP contribution in [0.4, 0.5) is 0 Å². The van der Waals surface area contributed by atoms with Gasteiger partial charge >= 0.3 is 0 Å². The van der Waals surface area contributed by atoms with Crippen molar-refractivity contribution in [2.24, 2.45) is 11.1 Å². The van der Waals surface area contributed by atoms with Crippen LogP contribution in [-0.2, 0) is 0 Å². The average molecular weight is 225 g/mol. The number of hydrogen-bond acceptors (Lipinski definition) is 1. The van der Waals surface area contributed by atoms with Gasteiger partial charge in [-0.2, -0.15) is 0 Å². The van der Waals surface area contributed by atoms with Gasteiger partial charge in [0.15, 0.2) is 0 Å². The van der Waals surface area contributed by atoms with Crippen LogP contribution in [0.1, 0.15) is 27.2 Å². The van der Waals surface area contributed by atoms with Crippen LogP contribution in [0, 0.1) is 5.41 Å². The van der Waals surface area contributed by atoms with Gasteiger partial charge in [-0.15, -0.1) is 0 Å². The molecule has 0 saturated heterocycles. The first-order chi connectivity index (χ1) is 6.67. The molecule has 2 heteroatoms. The molecule has 0 amide bonds. The fourth-order valence-electron chi connectivity index (χ4n) is 2.87. The van der Waals surface area contributed by atoms with E-state index >= 15 is 0 Å². The van der Waals surface area contributed by atoms with E-state index in [0.29, 0.717) is 5.41 Å². The molecule has 1 aliphatic heterocycles. The van der Waals surface area contributed by atoms with Crippen LogP contribution < -0.4 is 5.73 Å². The molecule has 0 bridgehead atoms. The summed E-state index contributed by atoms with van der Waals surface area (Å²) in [5, 5.41) is 0. The third-order valence-corrected chi connectivity index (χ3v) is 6.84. The Morgan fingerprint density at radius 1 is 1.27 bits per heavy atom. The van der Waals surface area contributed by atoms with Crippen molar-refractivity contribution in [2.45, 2.75) is 32.7 Å². The Kier molecular flexibility index (Phi) is 2.20. The van der Waals surface area contributed by atoms with Crippen molar-refractivity contribution in [1.82, 2.24) is 0 Å². The van der Waals surface area contributed by atoms with E-state index in [2.05, 4.69) is 45.4 Å². The monoisotopic (exact) mass is 225 g/mol. The maximum absolute atomic E-state index is 6.41. The van der Waals surface area contributed by atoms with Crippen molar-refractivity contribution in [2.75, 3.05) is 18.3 Å². The zero-order valence-electron chi connectivity index (χ0n) is 10.6. The second kappa shape index (κ2) is 2.92. The summed E-state index contributed by atoms with van der Waals surface area (Å²) in [6, 6.07) is 0. The van der Waals surface area contributed by atoms with E-state index in [1.54, 1.807) is 4.91 Å². The molecular formula is C13H23NS. The number of rotatable bonds is 0. The fourth-order valence-corrected chi connectivity index (χ4v) is 6.29. The zero-order valence-corrected chi connectivity index (χ0v) is 11.4. The SMILES string of the molecule is CC1(N)C=CC2=C1S(C)(C)CCC2(C)C. The molecule has 0 saturated carbocycles. The Hall–Kier alpha value is -0.210. The van der Waals surface area contributed by atoms with Crippen LogP contribution in [0.2, 0.25) is 0 Å². The van der Waals surface area contributed by atoms with E-state index in [1.165, 1.54) is 17.7 Å². The Morgan fingerprint density at radius 3 is 2.40 bits per heavy atom. The number of nitrogens with two attached hydrogens (primary N) is 1. The van der Waals surface area contributed by atoms with Crippen molar-refractivity contribution in [3.63, 3.8) is 0 Å². The summed E-state index contributed by atoms with van der Waals surface area (Å²) in [6.45, 7) is 6.85. The quantitative estimate of drug-likeness (QED) is 0.674. The van der Waals surface area contributed by atoms with E-state index in [9.17, 15) is 0 Å². The van der Waals surface area contributed by atoms with E-state index in [0.717, 1.165) is 0 Å². The van der Waals surface area contributed by atoms with Crippen molar-refractivity contribution < 1.29 is 0 Å². The summed E-state index contributed by atoms with van der Waals surface area (Å²) in [5.74, 6) is 1.33. The highest BCUT2D eigenvalue weighted by Crippen LogP contribution is 2.63. The topological polar surface area (TPSA) is 26.0 Å².